The summed E-state index contributed by atoms with van der Waals surface area (Å²) in [5.74, 6) is 1.30. The molecule has 0 saturated heterocycles. The summed E-state index contributed by atoms with van der Waals surface area (Å²) in [6.45, 7) is 0.514. The Kier molecular flexibility index (Phi) is 6.19. The normalized spacial score (nSPS) is 11.3. The summed E-state index contributed by atoms with van der Waals surface area (Å²) < 4.78 is 13.7. The first-order valence-electron chi connectivity index (χ1n) is 11.1. The molecule has 0 spiro atoms. The topological polar surface area (TPSA) is 104 Å². The van der Waals surface area contributed by atoms with E-state index in [0.29, 0.717) is 45.9 Å². The number of ether oxygens (including phenoxy) is 2. The number of fused-ring (bicyclic) bond motifs is 1. The van der Waals surface area contributed by atoms with Crippen molar-refractivity contribution in [2.75, 3.05) is 14.2 Å². The number of hydrogen-bond donors (Lipinski definition) is 1. The van der Waals surface area contributed by atoms with E-state index in [4.69, 9.17) is 9.47 Å². The number of rotatable bonds is 7. The van der Waals surface area contributed by atoms with E-state index < -0.39 is 0 Å². The number of hydrogen-bond acceptors (Lipinski definition) is 7. The molecule has 0 atom stereocenters. The Balaban J connectivity index is 1.63. The van der Waals surface area contributed by atoms with Crippen molar-refractivity contribution < 1.29 is 14.6 Å². The Morgan fingerprint density at radius 3 is 2.44 bits per heavy atom. The van der Waals surface area contributed by atoms with E-state index in [2.05, 4.69) is 15.1 Å². The average molecular weight is 482 g/mol. The zero-order valence-electron chi connectivity index (χ0n) is 19.7. The van der Waals surface area contributed by atoms with E-state index in [0.717, 1.165) is 5.56 Å². The number of benzene rings is 2. The third kappa shape index (κ3) is 4.18. The molecule has 0 saturated carbocycles. The summed E-state index contributed by atoms with van der Waals surface area (Å²) >= 11 is 0. The van der Waals surface area contributed by atoms with Crippen LogP contribution in [0, 0.1) is 0 Å². The zero-order chi connectivity index (χ0) is 25.1. The van der Waals surface area contributed by atoms with E-state index >= 15 is 0 Å². The molecule has 5 aromatic rings. The van der Waals surface area contributed by atoms with Crippen molar-refractivity contribution in [2.24, 2.45) is 4.99 Å². The van der Waals surface area contributed by atoms with E-state index in [1.165, 1.54) is 18.8 Å². The minimum absolute atomic E-state index is 0.241. The van der Waals surface area contributed by atoms with Gasteiger partial charge in [-0.1, -0.05) is 18.2 Å². The summed E-state index contributed by atoms with van der Waals surface area (Å²) in [4.78, 5) is 22.1. The van der Waals surface area contributed by atoms with Crippen LogP contribution in [-0.2, 0) is 6.54 Å². The van der Waals surface area contributed by atoms with Gasteiger partial charge >= 0.3 is 0 Å². The van der Waals surface area contributed by atoms with E-state index in [1.54, 1.807) is 72.0 Å². The Labute approximate surface area is 206 Å². The van der Waals surface area contributed by atoms with Crippen molar-refractivity contribution in [1.29, 1.82) is 0 Å². The lowest BCUT2D eigenvalue weighted by atomic mass is 10.1. The monoisotopic (exact) mass is 481 g/mol. The van der Waals surface area contributed by atoms with Gasteiger partial charge < -0.3 is 14.6 Å². The molecule has 0 aliphatic rings. The minimum atomic E-state index is -0.366. The largest absolute Gasteiger partial charge is 0.494 e. The molecule has 0 aliphatic heterocycles. The van der Waals surface area contributed by atoms with Crippen LogP contribution < -0.4 is 15.0 Å². The molecule has 3 heterocycles. The van der Waals surface area contributed by atoms with Crippen LogP contribution in [0.5, 0.6) is 17.4 Å². The summed E-state index contributed by atoms with van der Waals surface area (Å²) in [5, 5.41) is 16.7. The molecule has 0 fully saturated rings. The smallest absolute Gasteiger partial charge is 0.265 e. The lowest BCUT2D eigenvalue weighted by molar-refractivity contribution is 0.354. The second kappa shape index (κ2) is 9.75. The van der Waals surface area contributed by atoms with Crippen molar-refractivity contribution in [2.45, 2.75) is 6.54 Å². The molecule has 9 heteroatoms. The fraction of sp³-hybridized carbons (Fsp3) is 0.111. The molecule has 0 amide bonds. The van der Waals surface area contributed by atoms with Gasteiger partial charge in [-0.05, 0) is 35.9 Å². The first-order valence-corrected chi connectivity index (χ1v) is 11.1. The zero-order valence-corrected chi connectivity index (χ0v) is 19.7. The standard InChI is InChI=1S/C27H23N5O4/c1-35-23-8-7-19(15-24(23)36-2)32-26(33)21-6-4-3-5-20(21)22(27(32)34)16-29-25-11-14-30-31(25)17-18-9-12-28-13-10-18/h3-16,34H,17H2,1-2H3/b29-16+. The van der Waals surface area contributed by atoms with Gasteiger partial charge in [0.25, 0.3) is 5.56 Å². The molecule has 2 aromatic carbocycles. The number of methoxy groups -OCH3 is 2. The number of pyridine rings is 2. The highest BCUT2D eigenvalue weighted by molar-refractivity contribution is 6.02. The van der Waals surface area contributed by atoms with Crippen molar-refractivity contribution in [3.63, 3.8) is 0 Å². The Morgan fingerprint density at radius 1 is 0.944 bits per heavy atom. The van der Waals surface area contributed by atoms with E-state index in [-0.39, 0.29) is 11.4 Å². The van der Waals surface area contributed by atoms with Crippen LogP contribution in [0.15, 0.2) is 89.0 Å². The molecule has 9 nitrogen and oxygen atoms in total. The van der Waals surface area contributed by atoms with Gasteiger partial charge in [-0.25, -0.2) is 14.2 Å². The van der Waals surface area contributed by atoms with Crippen LogP contribution >= 0.6 is 0 Å². The summed E-state index contributed by atoms with van der Waals surface area (Å²) in [5.41, 5.74) is 1.49. The van der Waals surface area contributed by atoms with Gasteiger partial charge in [0.05, 0.1) is 38.2 Å². The summed E-state index contributed by atoms with van der Waals surface area (Å²) in [6, 6.07) is 17.7. The van der Waals surface area contributed by atoms with Gasteiger partial charge in [-0.15, -0.1) is 0 Å². The SMILES string of the molecule is COc1ccc(-n2c(O)c(/C=N/c3ccnn3Cc3ccncc3)c3ccccc3c2=O)cc1OC. The lowest BCUT2D eigenvalue weighted by Gasteiger charge is -2.15. The van der Waals surface area contributed by atoms with Crippen molar-refractivity contribution >= 4 is 22.8 Å². The highest BCUT2D eigenvalue weighted by Gasteiger charge is 2.18. The number of nitrogens with zero attached hydrogens (tertiary/aromatic N) is 5. The predicted octanol–water partition coefficient (Wildman–Crippen LogP) is 4.10. The van der Waals surface area contributed by atoms with E-state index in [1.807, 2.05) is 18.2 Å². The lowest BCUT2D eigenvalue weighted by Crippen LogP contribution is -2.20. The van der Waals surface area contributed by atoms with Crippen LogP contribution in [0.3, 0.4) is 0 Å². The van der Waals surface area contributed by atoms with Crippen LogP contribution in [0.25, 0.3) is 16.5 Å². The summed E-state index contributed by atoms with van der Waals surface area (Å²) in [6.07, 6.45) is 6.66. The Morgan fingerprint density at radius 2 is 1.69 bits per heavy atom. The van der Waals surface area contributed by atoms with Gasteiger partial charge in [-0.2, -0.15) is 5.10 Å². The number of aromatic nitrogens is 4. The maximum absolute atomic E-state index is 13.4. The Bertz CT molecular complexity index is 1620. The quantitative estimate of drug-likeness (QED) is 0.351. The predicted molar refractivity (Wildman–Crippen MR) is 137 cm³/mol. The third-order valence-corrected chi connectivity index (χ3v) is 5.83. The second-order valence-corrected chi connectivity index (χ2v) is 7.92. The maximum atomic E-state index is 13.4. The fourth-order valence-electron chi connectivity index (χ4n) is 4.04. The highest BCUT2D eigenvalue weighted by Crippen LogP contribution is 2.32. The van der Waals surface area contributed by atoms with E-state index in [9.17, 15) is 9.90 Å². The summed E-state index contributed by atoms with van der Waals surface area (Å²) in [7, 11) is 3.04. The van der Waals surface area contributed by atoms with Gasteiger partial charge in [0.15, 0.2) is 17.3 Å². The van der Waals surface area contributed by atoms with Crippen LogP contribution in [0.2, 0.25) is 0 Å². The molecule has 0 aliphatic carbocycles. The number of aromatic hydroxyl groups is 1. The number of aliphatic imine (C=N–C) groups is 1. The minimum Gasteiger partial charge on any atom is -0.494 e. The van der Waals surface area contributed by atoms with Crippen LogP contribution in [-0.4, -0.2) is 44.9 Å². The fourth-order valence-corrected chi connectivity index (χ4v) is 4.04. The first-order chi connectivity index (χ1) is 17.6. The first kappa shape index (κ1) is 22.9. The van der Waals surface area contributed by atoms with Gasteiger partial charge in [0, 0.05) is 41.5 Å². The molecular formula is C27H23N5O4. The van der Waals surface area contributed by atoms with Crippen molar-refractivity contribution in [1.82, 2.24) is 19.3 Å². The molecule has 5 rings (SSSR count). The molecular weight excluding hydrogens is 458 g/mol. The molecule has 3 aromatic heterocycles. The van der Waals surface area contributed by atoms with Gasteiger partial charge in [-0.3, -0.25) is 9.78 Å². The molecule has 180 valence electrons. The van der Waals surface area contributed by atoms with Crippen molar-refractivity contribution in [3.8, 4) is 23.1 Å². The Hall–Kier alpha value is -4.92. The maximum Gasteiger partial charge on any atom is 0.265 e. The molecule has 36 heavy (non-hydrogen) atoms. The van der Waals surface area contributed by atoms with Crippen molar-refractivity contribution in [3.05, 3.63) is 101 Å². The molecule has 0 radical (unpaired) electrons. The average Bonchev–Trinajstić information content (AvgIpc) is 3.35. The highest BCUT2D eigenvalue weighted by atomic mass is 16.5. The molecule has 1 N–H and O–H groups in total. The van der Waals surface area contributed by atoms with Crippen LogP contribution in [0.1, 0.15) is 11.1 Å². The third-order valence-electron chi connectivity index (χ3n) is 5.83. The second-order valence-electron chi connectivity index (χ2n) is 7.92. The van der Waals surface area contributed by atoms with Crippen LogP contribution in [0.4, 0.5) is 5.82 Å². The van der Waals surface area contributed by atoms with Gasteiger partial charge in [0.2, 0.25) is 5.88 Å². The molecule has 0 unspecified atom stereocenters. The molecule has 0 bridgehead atoms. The van der Waals surface area contributed by atoms with Gasteiger partial charge in [0.1, 0.15) is 0 Å².